The first kappa shape index (κ1) is 15.5. The van der Waals surface area contributed by atoms with E-state index in [4.69, 9.17) is 0 Å². The average molecular weight is 345 g/mol. The predicted molar refractivity (Wildman–Crippen MR) is 87.7 cm³/mol. The third kappa shape index (κ3) is 3.81. The normalized spacial score (nSPS) is 26.2. The molecule has 1 fully saturated rings. The summed E-state index contributed by atoms with van der Waals surface area (Å²) in [6.45, 7) is 7.03. The van der Waals surface area contributed by atoms with Crippen LogP contribution < -0.4 is 5.32 Å². The van der Waals surface area contributed by atoms with Crippen LogP contribution in [0, 0.1) is 11.3 Å². The molecular weight excluding hydrogens is 320 g/mol. The summed E-state index contributed by atoms with van der Waals surface area (Å²) in [5.74, 6) is 0.772. The molecule has 2 unspecified atom stereocenters. The summed E-state index contributed by atoms with van der Waals surface area (Å²) in [6, 6.07) is 2.87. The van der Waals surface area contributed by atoms with Gasteiger partial charge in [0.05, 0.1) is 0 Å². The van der Waals surface area contributed by atoms with E-state index >= 15 is 0 Å². The van der Waals surface area contributed by atoms with Crippen LogP contribution in [0.5, 0.6) is 0 Å². The van der Waals surface area contributed by atoms with Gasteiger partial charge in [0.25, 0.3) is 0 Å². The second-order valence-corrected chi connectivity index (χ2v) is 8.39. The minimum absolute atomic E-state index is 0.437. The van der Waals surface area contributed by atoms with Crippen molar-refractivity contribution in [2.75, 3.05) is 20.6 Å². The molecule has 0 aromatic carbocycles. The Labute approximate surface area is 129 Å². The van der Waals surface area contributed by atoms with Crippen LogP contribution in [0.1, 0.15) is 31.6 Å². The van der Waals surface area contributed by atoms with Gasteiger partial charge in [0.2, 0.25) is 0 Å². The number of hydrogen-bond donors (Lipinski definition) is 1. The third-order valence-electron chi connectivity index (χ3n) is 4.38. The number of thiophene rings is 1. The van der Waals surface area contributed by atoms with Crippen molar-refractivity contribution in [3.8, 4) is 0 Å². The zero-order valence-electron chi connectivity index (χ0n) is 12.4. The van der Waals surface area contributed by atoms with E-state index in [1.165, 1.54) is 28.7 Å². The predicted octanol–water partition coefficient (Wildman–Crippen LogP) is 3.97. The van der Waals surface area contributed by atoms with Gasteiger partial charge < -0.3 is 10.2 Å². The zero-order chi connectivity index (χ0) is 14.0. The van der Waals surface area contributed by atoms with Crippen LogP contribution in [0.25, 0.3) is 0 Å². The van der Waals surface area contributed by atoms with Crippen LogP contribution in [-0.4, -0.2) is 31.6 Å². The van der Waals surface area contributed by atoms with Crippen molar-refractivity contribution in [1.29, 1.82) is 0 Å². The van der Waals surface area contributed by atoms with Gasteiger partial charge in [-0.05, 0) is 60.3 Å². The molecule has 0 amide bonds. The van der Waals surface area contributed by atoms with Crippen molar-refractivity contribution in [3.05, 3.63) is 20.8 Å². The highest BCUT2D eigenvalue weighted by molar-refractivity contribution is 9.10. The summed E-state index contributed by atoms with van der Waals surface area (Å²) < 4.78 is 1.20. The molecule has 2 nitrogen and oxygen atoms in total. The van der Waals surface area contributed by atoms with Crippen LogP contribution in [0.4, 0.5) is 0 Å². The quantitative estimate of drug-likeness (QED) is 0.869. The molecule has 1 aromatic heterocycles. The largest absolute Gasteiger partial charge is 0.316 e. The van der Waals surface area contributed by atoms with Gasteiger partial charge in [0.1, 0.15) is 0 Å². The fourth-order valence-electron chi connectivity index (χ4n) is 3.51. The first-order chi connectivity index (χ1) is 8.92. The Kier molecular flexibility index (Phi) is 5.09. The van der Waals surface area contributed by atoms with Crippen LogP contribution in [0.15, 0.2) is 15.9 Å². The van der Waals surface area contributed by atoms with E-state index in [9.17, 15) is 0 Å². The second-order valence-electron chi connectivity index (χ2n) is 6.48. The minimum atomic E-state index is 0.437. The van der Waals surface area contributed by atoms with Gasteiger partial charge in [-0.25, -0.2) is 0 Å². The zero-order valence-corrected chi connectivity index (χ0v) is 14.8. The van der Waals surface area contributed by atoms with Crippen LogP contribution >= 0.6 is 27.3 Å². The standard InChI is InChI=1S/C15H25BrN2S/c1-15(2)6-5-11(14(15)17-3)8-18(4)9-13-7-12(16)10-19-13/h7,10-11,14,17H,5-6,8-9H2,1-4H3. The van der Waals surface area contributed by atoms with Crippen molar-refractivity contribution >= 4 is 27.3 Å². The molecule has 1 aliphatic carbocycles. The van der Waals surface area contributed by atoms with Crippen molar-refractivity contribution in [2.45, 2.75) is 39.3 Å². The average Bonchev–Trinajstić information content (AvgIpc) is 2.83. The summed E-state index contributed by atoms with van der Waals surface area (Å²) in [4.78, 5) is 3.90. The fraction of sp³-hybridized carbons (Fsp3) is 0.733. The summed E-state index contributed by atoms with van der Waals surface area (Å²) in [5.41, 5.74) is 0.437. The van der Waals surface area contributed by atoms with Gasteiger partial charge in [-0.1, -0.05) is 13.8 Å². The molecule has 0 spiro atoms. The number of halogens is 1. The molecule has 108 valence electrons. The Balaban J connectivity index is 1.90. The first-order valence-electron chi connectivity index (χ1n) is 7.01. The van der Waals surface area contributed by atoms with Crippen molar-refractivity contribution in [3.63, 3.8) is 0 Å². The maximum atomic E-state index is 3.55. The second kappa shape index (κ2) is 6.25. The maximum absolute atomic E-state index is 3.55. The Morgan fingerprint density at radius 1 is 1.53 bits per heavy atom. The minimum Gasteiger partial charge on any atom is -0.316 e. The lowest BCUT2D eigenvalue weighted by molar-refractivity contribution is 0.208. The van der Waals surface area contributed by atoms with Gasteiger partial charge in [0.15, 0.2) is 0 Å². The molecule has 2 atom stereocenters. The van der Waals surface area contributed by atoms with Crippen LogP contribution in [0.3, 0.4) is 0 Å². The van der Waals surface area contributed by atoms with E-state index in [1.807, 2.05) is 11.3 Å². The molecule has 0 aliphatic heterocycles. The van der Waals surface area contributed by atoms with Gasteiger partial charge in [-0.2, -0.15) is 0 Å². The smallest absolute Gasteiger partial charge is 0.0325 e. The Morgan fingerprint density at radius 3 is 2.84 bits per heavy atom. The van der Waals surface area contributed by atoms with Crippen LogP contribution in [-0.2, 0) is 6.54 Å². The van der Waals surface area contributed by atoms with Gasteiger partial charge in [-0.15, -0.1) is 11.3 Å². The van der Waals surface area contributed by atoms with E-state index in [0.29, 0.717) is 11.5 Å². The van der Waals surface area contributed by atoms with E-state index in [-0.39, 0.29) is 0 Å². The molecule has 1 heterocycles. The molecule has 2 rings (SSSR count). The van der Waals surface area contributed by atoms with E-state index in [2.05, 4.69) is 65.5 Å². The molecule has 19 heavy (non-hydrogen) atoms. The van der Waals surface area contributed by atoms with E-state index in [0.717, 1.165) is 12.5 Å². The summed E-state index contributed by atoms with van der Waals surface area (Å²) >= 11 is 5.37. The molecule has 1 saturated carbocycles. The highest BCUT2D eigenvalue weighted by Gasteiger charge is 2.40. The van der Waals surface area contributed by atoms with Crippen molar-refractivity contribution in [2.24, 2.45) is 11.3 Å². The third-order valence-corrected chi connectivity index (χ3v) is 6.06. The number of hydrogen-bond acceptors (Lipinski definition) is 3. The lowest BCUT2D eigenvalue weighted by Crippen LogP contribution is -2.43. The Morgan fingerprint density at radius 2 is 2.26 bits per heavy atom. The highest BCUT2D eigenvalue weighted by atomic mass is 79.9. The SMILES string of the molecule is CNC1C(CN(C)Cc2cc(Br)cs2)CCC1(C)C. The number of rotatable bonds is 5. The first-order valence-corrected chi connectivity index (χ1v) is 8.68. The highest BCUT2D eigenvalue weighted by Crippen LogP contribution is 2.41. The summed E-state index contributed by atoms with van der Waals surface area (Å²) in [7, 11) is 4.35. The Bertz CT molecular complexity index is 416. The molecule has 1 aromatic rings. The fourth-order valence-corrected chi connectivity index (χ4v) is 5.04. The summed E-state index contributed by atoms with van der Waals surface area (Å²) in [5, 5.41) is 5.71. The van der Waals surface area contributed by atoms with Gasteiger partial charge in [0, 0.05) is 33.9 Å². The Hall–Kier alpha value is 0.1000. The molecule has 4 heteroatoms. The topological polar surface area (TPSA) is 15.3 Å². The summed E-state index contributed by atoms with van der Waals surface area (Å²) in [6.07, 6.45) is 2.68. The number of nitrogens with one attached hydrogen (secondary N) is 1. The van der Waals surface area contributed by atoms with Crippen molar-refractivity contribution in [1.82, 2.24) is 10.2 Å². The van der Waals surface area contributed by atoms with E-state index < -0.39 is 0 Å². The molecule has 0 bridgehead atoms. The monoisotopic (exact) mass is 344 g/mol. The lowest BCUT2D eigenvalue weighted by atomic mass is 9.85. The maximum Gasteiger partial charge on any atom is 0.0325 e. The van der Waals surface area contributed by atoms with Gasteiger partial charge in [-0.3, -0.25) is 0 Å². The van der Waals surface area contributed by atoms with E-state index in [1.54, 1.807) is 0 Å². The molecule has 1 aliphatic rings. The number of nitrogens with zero attached hydrogens (tertiary/aromatic N) is 1. The van der Waals surface area contributed by atoms with Gasteiger partial charge >= 0.3 is 0 Å². The molecular formula is C15H25BrN2S. The molecule has 1 N–H and O–H groups in total. The molecule has 0 radical (unpaired) electrons. The van der Waals surface area contributed by atoms with Crippen LogP contribution in [0.2, 0.25) is 0 Å². The molecule has 0 saturated heterocycles. The van der Waals surface area contributed by atoms with Crippen molar-refractivity contribution < 1.29 is 0 Å². The lowest BCUT2D eigenvalue weighted by Gasteiger charge is -2.32.